The summed E-state index contributed by atoms with van der Waals surface area (Å²) in [5.74, 6) is -1.05. The minimum absolute atomic E-state index is 0.192. The molecule has 7 heteroatoms. The normalized spacial score (nSPS) is 17.0. The van der Waals surface area contributed by atoms with Gasteiger partial charge in [0, 0.05) is 32.4 Å². The van der Waals surface area contributed by atoms with Gasteiger partial charge in [-0.3, -0.25) is 14.5 Å². The lowest BCUT2D eigenvalue weighted by atomic mass is 10.2. The van der Waals surface area contributed by atoms with Crippen molar-refractivity contribution in [1.82, 2.24) is 14.8 Å². The van der Waals surface area contributed by atoms with Gasteiger partial charge in [-0.2, -0.15) is 5.26 Å². The molecule has 1 N–H and O–H groups in total. The molecular formula is C14H16N4O3. The lowest BCUT2D eigenvalue weighted by Crippen LogP contribution is -2.53. The number of rotatable bonds is 3. The molecule has 1 fully saturated rings. The van der Waals surface area contributed by atoms with Gasteiger partial charge in [0.25, 0.3) is 5.91 Å². The molecule has 2 heterocycles. The van der Waals surface area contributed by atoms with Crippen LogP contribution in [0.25, 0.3) is 0 Å². The van der Waals surface area contributed by atoms with E-state index in [1.54, 1.807) is 17.9 Å². The van der Waals surface area contributed by atoms with E-state index in [1.165, 1.54) is 12.3 Å². The predicted molar refractivity (Wildman–Crippen MR) is 73.5 cm³/mol. The fourth-order valence-electron chi connectivity index (χ4n) is 2.22. The molecule has 1 amide bonds. The van der Waals surface area contributed by atoms with Crippen LogP contribution in [0.15, 0.2) is 18.3 Å². The lowest BCUT2D eigenvalue weighted by molar-refractivity contribution is -0.143. The summed E-state index contributed by atoms with van der Waals surface area (Å²) in [6.45, 7) is 3.63. The average molecular weight is 288 g/mol. The number of piperazine rings is 1. The highest BCUT2D eigenvalue weighted by molar-refractivity contribution is 5.92. The molecule has 1 aromatic rings. The maximum atomic E-state index is 12.3. The summed E-state index contributed by atoms with van der Waals surface area (Å²) in [7, 11) is 0. The van der Waals surface area contributed by atoms with E-state index in [9.17, 15) is 9.59 Å². The summed E-state index contributed by atoms with van der Waals surface area (Å²) < 4.78 is 0. The van der Waals surface area contributed by atoms with Gasteiger partial charge in [-0.25, -0.2) is 4.98 Å². The molecule has 1 aromatic heterocycles. The van der Waals surface area contributed by atoms with Crippen molar-refractivity contribution in [2.75, 3.05) is 26.2 Å². The molecule has 1 aliphatic heterocycles. The van der Waals surface area contributed by atoms with Crippen LogP contribution >= 0.6 is 0 Å². The zero-order valence-electron chi connectivity index (χ0n) is 11.7. The largest absolute Gasteiger partial charge is 0.480 e. The summed E-state index contributed by atoms with van der Waals surface area (Å²) in [6.07, 6.45) is 1.37. The van der Waals surface area contributed by atoms with Gasteiger partial charge < -0.3 is 10.0 Å². The van der Waals surface area contributed by atoms with E-state index in [0.29, 0.717) is 37.4 Å². The SMILES string of the molecule is CC(C(=O)O)N1CCN(C(=O)c2ccc(C#N)cn2)CC1. The minimum Gasteiger partial charge on any atom is -0.480 e. The standard InChI is InChI=1S/C14H16N4O3/c1-10(14(20)21)17-4-6-18(7-5-17)13(19)12-3-2-11(8-15)9-16-12/h2-3,9-10H,4-7H2,1H3,(H,20,21). The molecule has 1 saturated heterocycles. The highest BCUT2D eigenvalue weighted by Crippen LogP contribution is 2.10. The lowest BCUT2D eigenvalue weighted by Gasteiger charge is -2.36. The van der Waals surface area contributed by atoms with E-state index >= 15 is 0 Å². The van der Waals surface area contributed by atoms with Gasteiger partial charge in [0.1, 0.15) is 17.8 Å². The highest BCUT2D eigenvalue weighted by atomic mass is 16.4. The molecular weight excluding hydrogens is 272 g/mol. The fraction of sp³-hybridized carbons (Fsp3) is 0.429. The van der Waals surface area contributed by atoms with Crippen molar-refractivity contribution in [2.45, 2.75) is 13.0 Å². The molecule has 21 heavy (non-hydrogen) atoms. The first-order chi connectivity index (χ1) is 10.0. The number of aliphatic carboxylic acids is 1. The molecule has 1 atom stereocenters. The molecule has 0 spiro atoms. The summed E-state index contributed by atoms with van der Waals surface area (Å²) in [5.41, 5.74) is 0.709. The maximum Gasteiger partial charge on any atom is 0.320 e. The van der Waals surface area contributed by atoms with Crippen molar-refractivity contribution in [3.05, 3.63) is 29.6 Å². The Balaban J connectivity index is 1.97. The van der Waals surface area contributed by atoms with Crippen LogP contribution in [0, 0.1) is 11.3 Å². The second-order valence-electron chi connectivity index (χ2n) is 4.89. The number of nitrogens with zero attached hydrogens (tertiary/aromatic N) is 4. The number of carboxylic acids is 1. The molecule has 2 rings (SSSR count). The zero-order valence-corrected chi connectivity index (χ0v) is 11.7. The molecule has 1 aliphatic rings. The Kier molecular flexibility index (Phi) is 4.50. The Morgan fingerprint density at radius 3 is 2.48 bits per heavy atom. The topological polar surface area (TPSA) is 97.5 Å². The van der Waals surface area contributed by atoms with E-state index in [2.05, 4.69) is 4.98 Å². The first-order valence-corrected chi connectivity index (χ1v) is 6.65. The number of pyridine rings is 1. The van der Waals surface area contributed by atoms with E-state index in [4.69, 9.17) is 10.4 Å². The number of hydrogen-bond donors (Lipinski definition) is 1. The molecule has 0 radical (unpaired) electrons. The maximum absolute atomic E-state index is 12.3. The minimum atomic E-state index is -0.858. The van der Waals surface area contributed by atoms with Crippen LogP contribution in [-0.4, -0.2) is 64.0 Å². The Hall–Kier alpha value is -2.46. The third-order valence-corrected chi connectivity index (χ3v) is 3.62. The van der Waals surface area contributed by atoms with Crippen molar-refractivity contribution in [1.29, 1.82) is 5.26 Å². The molecule has 1 unspecified atom stereocenters. The number of hydrogen-bond acceptors (Lipinski definition) is 5. The van der Waals surface area contributed by atoms with Crippen LogP contribution < -0.4 is 0 Å². The van der Waals surface area contributed by atoms with Crippen molar-refractivity contribution in [3.8, 4) is 6.07 Å². The van der Waals surface area contributed by atoms with Crippen LogP contribution in [0.2, 0.25) is 0 Å². The summed E-state index contributed by atoms with van der Waals surface area (Å²) in [6, 6.07) is 4.50. The molecule has 7 nitrogen and oxygen atoms in total. The monoisotopic (exact) mass is 288 g/mol. The third-order valence-electron chi connectivity index (χ3n) is 3.62. The molecule has 0 saturated carbocycles. The Morgan fingerprint density at radius 2 is 2.00 bits per heavy atom. The van der Waals surface area contributed by atoms with Gasteiger partial charge in [0.2, 0.25) is 0 Å². The smallest absolute Gasteiger partial charge is 0.320 e. The summed E-state index contributed by atoms with van der Waals surface area (Å²) in [5, 5.41) is 17.7. The predicted octanol–water partition coefficient (Wildman–Crippen LogP) is 0.184. The van der Waals surface area contributed by atoms with Crippen molar-refractivity contribution in [3.63, 3.8) is 0 Å². The van der Waals surface area contributed by atoms with E-state index in [1.807, 2.05) is 11.0 Å². The van der Waals surface area contributed by atoms with Crippen LogP contribution in [0.3, 0.4) is 0 Å². The quantitative estimate of drug-likeness (QED) is 0.852. The number of carbonyl (C=O) groups is 2. The van der Waals surface area contributed by atoms with Crippen molar-refractivity contribution < 1.29 is 14.7 Å². The van der Waals surface area contributed by atoms with Crippen LogP contribution in [-0.2, 0) is 4.79 Å². The van der Waals surface area contributed by atoms with Gasteiger partial charge in [-0.05, 0) is 19.1 Å². The number of nitriles is 1. The molecule has 110 valence electrons. The van der Waals surface area contributed by atoms with E-state index in [-0.39, 0.29) is 5.91 Å². The van der Waals surface area contributed by atoms with Gasteiger partial charge in [-0.15, -0.1) is 0 Å². The van der Waals surface area contributed by atoms with Crippen molar-refractivity contribution >= 4 is 11.9 Å². The first kappa shape index (κ1) is 14.9. The van der Waals surface area contributed by atoms with Gasteiger partial charge >= 0.3 is 5.97 Å². The number of carboxylic acid groups (broad SMARTS) is 1. The van der Waals surface area contributed by atoms with Gasteiger partial charge in [0.15, 0.2) is 0 Å². The Morgan fingerprint density at radius 1 is 1.33 bits per heavy atom. The number of aromatic nitrogens is 1. The Labute approximate surface area is 122 Å². The molecule has 0 aromatic carbocycles. The van der Waals surface area contributed by atoms with E-state index < -0.39 is 12.0 Å². The molecule has 0 bridgehead atoms. The highest BCUT2D eigenvalue weighted by Gasteiger charge is 2.27. The molecule has 0 aliphatic carbocycles. The average Bonchev–Trinajstić information content (AvgIpc) is 2.53. The van der Waals surface area contributed by atoms with Gasteiger partial charge in [0.05, 0.1) is 5.56 Å². The van der Waals surface area contributed by atoms with Crippen LogP contribution in [0.1, 0.15) is 23.0 Å². The second kappa shape index (κ2) is 6.33. The fourth-order valence-corrected chi connectivity index (χ4v) is 2.22. The second-order valence-corrected chi connectivity index (χ2v) is 4.89. The number of carbonyl (C=O) groups excluding carboxylic acids is 1. The van der Waals surface area contributed by atoms with Crippen LogP contribution in [0.5, 0.6) is 0 Å². The van der Waals surface area contributed by atoms with E-state index in [0.717, 1.165) is 0 Å². The van der Waals surface area contributed by atoms with Gasteiger partial charge in [-0.1, -0.05) is 0 Å². The van der Waals surface area contributed by atoms with Crippen molar-refractivity contribution in [2.24, 2.45) is 0 Å². The first-order valence-electron chi connectivity index (χ1n) is 6.65. The van der Waals surface area contributed by atoms with Crippen LogP contribution in [0.4, 0.5) is 0 Å². The summed E-state index contributed by atoms with van der Waals surface area (Å²) in [4.78, 5) is 30.7. The number of amides is 1. The summed E-state index contributed by atoms with van der Waals surface area (Å²) >= 11 is 0. The third kappa shape index (κ3) is 3.35. The zero-order chi connectivity index (χ0) is 15.4. The Bertz CT molecular complexity index is 571.